The summed E-state index contributed by atoms with van der Waals surface area (Å²) in [5.41, 5.74) is 1.48. The molecule has 0 spiro atoms. The lowest BCUT2D eigenvalue weighted by molar-refractivity contribution is 0.0997. The SMILES string of the molecule is Cc1c(C(=O)Nc2ccccc2S(=O)(=O)N(C)C)oc2ccc(Br)cc12. The van der Waals surface area contributed by atoms with Crippen molar-refractivity contribution >= 4 is 48.5 Å². The number of furan rings is 1. The average molecular weight is 437 g/mol. The fourth-order valence-electron chi connectivity index (χ4n) is 2.58. The van der Waals surface area contributed by atoms with Gasteiger partial charge in [-0.15, -0.1) is 0 Å². The largest absolute Gasteiger partial charge is 0.451 e. The number of nitrogens with one attached hydrogen (secondary N) is 1. The molecule has 0 saturated heterocycles. The summed E-state index contributed by atoms with van der Waals surface area (Å²) in [6.45, 7) is 1.79. The van der Waals surface area contributed by atoms with Crippen LogP contribution in [0.2, 0.25) is 0 Å². The molecule has 0 aliphatic rings. The molecule has 0 aliphatic carbocycles. The van der Waals surface area contributed by atoms with Crippen LogP contribution in [0.15, 0.2) is 56.2 Å². The van der Waals surface area contributed by atoms with Gasteiger partial charge >= 0.3 is 0 Å². The fourth-order valence-corrected chi connectivity index (χ4v) is 3.98. The van der Waals surface area contributed by atoms with E-state index in [9.17, 15) is 13.2 Å². The Labute approximate surface area is 160 Å². The number of benzene rings is 2. The number of sulfonamides is 1. The maximum atomic E-state index is 12.7. The van der Waals surface area contributed by atoms with Crippen molar-refractivity contribution in [2.75, 3.05) is 19.4 Å². The Morgan fingerprint density at radius 3 is 2.54 bits per heavy atom. The van der Waals surface area contributed by atoms with Crippen molar-refractivity contribution in [2.24, 2.45) is 0 Å². The Hall–Kier alpha value is -2.16. The molecule has 136 valence electrons. The molecule has 3 aromatic rings. The van der Waals surface area contributed by atoms with Crippen LogP contribution in [0.5, 0.6) is 0 Å². The van der Waals surface area contributed by atoms with Crippen LogP contribution < -0.4 is 5.32 Å². The van der Waals surface area contributed by atoms with Gasteiger partial charge in [0.1, 0.15) is 10.5 Å². The minimum Gasteiger partial charge on any atom is -0.451 e. The van der Waals surface area contributed by atoms with Crippen LogP contribution in [0.4, 0.5) is 5.69 Å². The van der Waals surface area contributed by atoms with Crippen LogP contribution in [-0.4, -0.2) is 32.7 Å². The molecule has 8 heteroatoms. The number of fused-ring (bicyclic) bond motifs is 1. The van der Waals surface area contributed by atoms with Crippen LogP contribution in [0.1, 0.15) is 16.1 Å². The topological polar surface area (TPSA) is 79.6 Å². The normalized spacial score (nSPS) is 11.9. The first-order valence-corrected chi connectivity index (χ1v) is 9.96. The number of halogens is 1. The highest BCUT2D eigenvalue weighted by molar-refractivity contribution is 9.10. The summed E-state index contributed by atoms with van der Waals surface area (Å²) < 4.78 is 32.6. The zero-order valence-corrected chi connectivity index (χ0v) is 16.8. The molecule has 1 N–H and O–H groups in total. The number of carbonyl (C=O) groups excluding carboxylic acids is 1. The van der Waals surface area contributed by atoms with Gasteiger partial charge in [0.2, 0.25) is 10.0 Å². The molecule has 6 nitrogen and oxygen atoms in total. The predicted octanol–water partition coefficient (Wildman–Crippen LogP) is 4.01. The van der Waals surface area contributed by atoms with Crippen molar-refractivity contribution in [1.29, 1.82) is 0 Å². The highest BCUT2D eigenvalue weighted by Gasteiger charge is 2.24. The van der Waals surface area contributed by atoms with Gasteiger partial charge in [-0.25, -0.2) is 12.7 Å². The van der Waals surface area contributed by atoms with Gasteiger partial charge in [0, 0.05) is 29.5 Å². The number of para-hydroxylation sites is 1. The van der Waals surface area contributed by atoms with Crippen LogP contribution >= 0.6 is 15.9 Å². The second kappa shape index (κ2) is 6.86. The molecule has 0 aliphatic heterocycles. The van der Waals surface area contributed by atoms with Gasteiger partial charge in [-0.2, -0.15) is 0 Å². The van der Waals surface area contributed by atoms with E-state index in [1.54, 1.807) is 31.2 Å². The van der Waals surface area contributed by atoms with E-state index >= 15 is 0 Å². The van der Waals surface area contributed by atoms with E-state index in [4.69, 9.17) is 4.42 Å². The summed E-state index contributed by atoms with van der Waals surface area (Å²) in [6, 6.07) is 11.7. The number of amides is 1. The van der Waals surface area contributed by atoms with Crippen molar-refractivity contribution in [2.45, 2.75) is 11.8 Å². The van der Waals surface area contributed by atoms with Gasteiger partial charge in [-0.1, -0.05) is 28.1 Å². The Morgan fingerprint density at radius 1 is 1.15 bits per heavy atom. The van der Waals surface area contributed by atoms with E-state index in [1.807, 2.05) is 12.1 Å². The molecule has 1 aromatic heterocycles. The molecule has 1 heterocycles. The number of aryl methyl sites for hydroxylation is 1. The third kappa shape index (κ3) is 3.27. The Morgan fingerprint density at radius 2 is 1.85 bits per heavy atom. The molecule has 1 amide bonds. The van der Waals surface area contributed by atoms with E-state index in [0.717, 1.165) is 14.2 Å². The van der Waals surface area contributed by atoms with Crippen molar-refractivity contribution in [3.05, 3.63) is 58.3 Å². The first-order chi connectivity index (χ1) is 12.2. The molecule has 0 unspecified atom stereocenters. The molecule has 0 saturated carbocycles. The van der Waals surface area contributed by atoms with Crippen LogP contribution in [0.3, 0.4) is 0 Å². The predicted molar refractivity (Wildman–Crippen MR) is 104 cm³/mol. The summed E-state index contributed by atoms with van der Waals surface area (Å²) >= 11 is 3.40. The zero-order chi connectivity index (χ0) is 19.1. The summed E-state index contributed by atoms with van der Waals surface area (Å²) in [7, 11) is -0.815. The second-order valence-corrected chi connectivity index (χ2v) is 8.97. The number of carbonyl (C=O) groups is 1. The summed E-state index contributed by atoms with van der Waals surface area (Å²) in [6.07, 6.45) is 0. The van der Waals surface area contributed by atoms with Gasteiger partial charge in [-0.3, -0.25) is 4.79 Å². The van der Waals surface area contributed by atoms with Gasteiger partial charge < -0.3 is 9.73 Å². The van der Waals surface area contributed by atoms with E-state index in [0.29, 0.717) is 11.1 Å². The van der Waals surface area contributed by atoms with Gasteiger partial charge in [-0.05, 0) is 37.3 Å². The van der Waals surface area contributed by atoms with E-state index in [1.165, 1.54) is 20.2 Å². The maximum Gasteiger partial charge on any atom is 0.291 e. The first-order valence-electron chi connectivity index (χ1n) is 7.73. The van der Waals surface area contributed by atoms with E-state index < -0.39 is 15.9 Å². The summed E-state index contributed by atoms with van der Waals surface area (Å²) in [5.74, 6) is -0.355. The molecular weight excluding hydrogens is 420 g/mol. The highest BCUT2D eigenvalue weighted by Crippen LogP contribution is 2.29. The van der Waals surface area contributed by atoms with E-state index in [-0.39, 0.29) is 16.3 Å². The highest BCUT2D eigenvalue weighted by atomic mass is 79.9. The van der Waals surface area contributed by atoms with Crippen LogP contribution in [0.25, 0.3) is 11.0 Å². The lowest BCUT2D eigenvalue weighted by Gasteiger charge is -2.15. The van der Waals surface area contributed by atoms with Crippen LogP contribution in [-0.2, 0) is 10.0 Å². The van der Waals surface area contributed by atoms with Gasteiger partial charge in [0.15, 0.2) is 5.76 Å². The second-order valence-electron chi connectivity index (χ2n) is 5.93. The number of hydrogen-bond acceptors (Lipinski definition) is 4. The standard InChI is InChI=1S/C18H17BrN2O4S/c1-11-13-10-12(19)8-9-15(13)25-17(11)18(22)20-14-6-4-5-7-16(14)26(23,24)21(2)3/h4-10H,1-3H3,(H,20,22). The third-order valence-corrected chi connectivity index (χ3v) is 6.36. The molecule has 0 fully saturated rings. The number of rotatable bonds is 4. The Balaban J connectivity index is 2.01. The van der Waals surface area contributed by atoms with Crippen molar-refractivity contribution in [3.63, 3.8) is 0 Å². The van der Waals surface area contributed by atoms with Gasteiger partial charge in [0.25, 0.3) is 5.91 Å². The zero-order valence-electron chi connectivity index (χ0n) is 14.4. The third-order valence-electron chi connectivity index (χ3n) is 4.00. The Kier molecular flexibility index (Phi) is 4.92. The molecule has 0 atom stereocenters. The molecular formula is C18H17BrN2O4S. The Bertz CT molecular complexity index is 1100. The van der Waals surface area contributed by atoms with Gasteiger partial charge in [0.05, 0.1) is 5.69 Å². The van der Waals surface area contributed by atoms with Crippen molar-refractivity contribution in [3.8, 4) is 0 Å². The summed E-state index contributed by atoms with van der Waals surface area (Å²) in [4.78, 5) is 12.7. The molecule has 26 heavy (non-hydrogen) atoms. The van der Waals surface area contributed by atoms with Crippen molar-refractivity contribution in [1.82, 2.24) is 4.31 Å². The van der Waals surface area contributed by atoms with Crippen molar-refractivity contribution < 1.29 is 17.6 Å². The van der Waals surface area contributed by atoms with E-state index in [2.05, 4.69) is 21.2 Å². The lowest BCUT2D eigenvalue weighted by atomic mass is 10.1. The fraction of sp³-hybridized carbons (Fsp3) is 0.167. The molecule has 0 bridgehead atoms. The smallest absolute Gasteiger partial charge is 0.291 e. The first kappa shape index (κ1) is 18.6. The number of hydrogen-bond donors (Lipinski definition) is 1. The minimum atomic E-state index is -3.69. The number of anilines is 1. The van der Waals surface area contributed by atoms with Crippen LogP contribution in [0, 0.1) is 6.92 Å². The number of nitrogens with zero attached hydrogens (tertiary/aromatic N) is 1. The molecule has 2 aromatic carbocycles. The molecule has 3 rings (SSSR count). The lowest BCUT2D eigenvalue weighted by Crippen LogP contribution is -2.24. The molecule has 0 radical (unpaired) electrons. The maximum absolute atomic E-state index is 12.7. The minimum absolute atomic E-state index is 0.0230. The quantitative estimate of drug-likeness (QED) is 0.669. The monoisotopic (exact) mass is 436 g/mol. The summed E-state index contributed by atoms with van der Waals surface area (Å²) in [5, 5.41) is 3.47. The average Bonchev–Trinajstić information content (AvgIpc) is 2.91.